The fourth-order valence-corrected chi connectivity index (χ4v) is 3.32. The normalized spacial score (nSPS) is 18.6. The van der Waals surface area contributed by atoms with Gasteiger partial charge in [-0.25, -0.2) is 4.68 Å². The number of aliphatic hydroxyl groups is 1. The Bertz CT molecular complexity index is 623. The molecule has 21 heavy (non-hydrogen) atoms. The van der Waals surface area contributed by atoms with Gasteiger partial charge in [0.15, 0.2) is 0 Å². The molecule has 1 atom stereocenters. The first-order chi connectivity index (χ1) is 10.0. The minimum absolute atomic E-state index is 0.0497. The molecular formula is C18H24N2O. The molecule has 0 bridgehead atoms. The first-order valence-corrected chi connectivity index (χ1v) is 7.76. The topological polar surface area (TPSA) is 38.0 Å². The van der Waals surface area contributed by atoms with E-state index in [2.05, 4.69) is 20.8 Å². The number of aliphatic hydroxyl groups excluding tert-OH is 1. The van der Waals surface area contributed by atoms with Gasteiger partial charge in [-0.1, -0.05) is 39.0 Å². The number of nitrogens with zero attached hydrogens (tertiary/aromatic N) is 2. The van der Waals surface area contributed by atoms with Crippen LogP contribution in [0.2, 0.25) is 0 Å². The largest absolute Gasteiger partial charge is 0.390 e. The van der Waals surface area contributed by atoms with Crippen molar-refractivity contribution < 1.29 is 5.11 Å². The molecule has 0 radical (unpaired) electrons. The molecule has 1 aromatic heterocycles. The third kappa shape index (κ3) is 2.62. The maximum Gasteiger partial charge on any atom is 0.0857 e. The van der Waals surface area contributed by atoms with E-state index in [4.69, 9.17) is 5.10 Å². The number of fused-ring (bicyclic) bond motifs is 1. The molecule has 0 spiro atoms. The predicted molar refractivity (Wildman–Crippen MR) is 84.5 cm³/mol. The Hall–Kier alpha value is -1.61. The molecule has 0 amide bonds. The van der Waals surface area contributed by atoms with Crippen LogP contribution in [0.4, 0.5) is 0 Å². The summed E-state index contributed by atoms with van der Waals surface area (Å²) in [5.41, 5.74) is 4.74. The van der Waals surface area contributed by atoms with E-state index in [1.807, 2.05) is 35.0 Å². The van der Waals surface area contributed by atoms with Crippen molar-refractivity contribution >= 4 is 0 Å². The zero-order valence-electron chi connectivity index (χ0n) is 13.1. The lowest BCUT2D eigenvalue weighted by Gasteiger charge is -2.33. The van der Waals surface area contributed by atoms with Crippen LogP contribution in [0.5, 0.6) is 0 Å². The smallest absolute Gasteiger partial charge is 0.0857 e. The van der Waals surface area contributed by atoms with Crippen LogP contribution >= 0.6 is 0 Å². The van der Waals surface area contributed by atoms with E-state index in [0.717, 1.165) is 24.2 Å². The van der Waals surface area contributed by atoms with Crippen LogP contribution in [0.15, 0.2) is 30.3 Å². The van der Waals surface area contributed by atoms with Crippen molar-refractivity contribution in [1.82, 2.24) is 9.78 Å². The van der Waals surface area contributed by atoms with E-state index in [1.54, 1.807) is 0 Å². The predicted octanol–water partition coefficient (Wildman–Crippen LogP) is 3.52. The second-order valence-electron chi connectivity index (χ2n) is 7.08. The van der Waals surface area contributed by atoms with Gasteiger partial charge in [0, 0.05) is 0 Å². The van der Waals surface area contributed by atoms with E-state index >= 15 is 0 Å². The van der Waals surface area contributed by atoms with E-state index in [9.17, 15) is 5.11 Å². The van der Waals surface area contributed by atoms with E-state index in [0.29, 0.717) is 11.3 Å². The summed E-state index contributed by atoms with van der Waals surface area (Å²) >= 11 is 0. The van der Waals surface area contributed by atoms with Gasteiger partial charge in [-0.3, -0.25) is 0 Å². The Morgan fingerprint density at radius 1 is 1.24 bits per heavy atom. The molecule has 3 nitrogen and oxygen atoms in total. The van der Waals surface area contributed by atoms with Crippen molar-refractivity contribution in [2.75, 3.05) is 0 Å². The molecule has 1 aromatic carbocycles. The molecule has 1 aliphatic carbocycles. The first kappa shape index (κ1) is 14.3. The van der Waals surface area contributed by atoms with Gasteiger partial charge in [0.1, 0.15) is 0 Å². The average Bonchev–Trinajstić information content (AvgIpc) is 2.84. The lowest BCUT2D eigenvalue weighted by molar-refractivity contribution is 0.213. The van der Waals surface area contributed by atoms with E-state index in [-0.39, 0.29) is 6.61 Å². The minimum atomic E-state index is 0.0497. The number of aryl methyl sites for hydroxylation is 1. The second kappa shape index (κ2) is 5.30. The van der Waals surface area contributed by atoms with E-state index < -0.39 is 0 Å². The Balaban J connectivity index is 2.03. The van der Waals surface area contributed by atoms with Crippen molar-refractivity contribution in [3.8, 4) is 5.69 Å². The standard InChI is InChI=1S/C18H24N2O/c1-18(2,3)13-9-10-16-15(11-13)17(12-21)20(19-16)14-7-5-4-6-8-14/h4-8,13,21H,9-12H2,1-3H3. The van der Waals surface area contributed by atoms with E-state index in [1.165, 1.54) is 17.7 Å². The lowest BCUT2D eigenvalue weighted by Crippen LogP contribution is -2.27. The number of para-hydroxylation sites is 1. The Morgan fingerprint density at radius 2 is 1.95 bits per heavy atom. The molecule has 3 heteroatoms. The van der Waals surface area contributed by atoms with Gasteiger partial charge in [-0.15, -0.1) is 0 Å². The van der Waals surface area contributed by atoms with Gasteiger partial charge in [-0.2, -0.15) is 5.10 Å². The molecule has 1 aliphatic rings. The second-order valence-corrected chi connectivity index (χ2v) is 7.08. The van der Waals surface area contributed by atoms with Gasteiger partial charge < -0.3 is 5.11 Å². The third-order valence-electron chi connectivity index (χ3n) is 4.73. The van der Waals surface area contributed by atoms with Crippen LogP contribution in [0, 0.1) is 11.3 Å². The van der Waals surface area contributed by atoms with Crippen LogP contribution in [0.3, 0.4) is 0 Å². The number of aromatic nitrogens is 2. The zero-order chi connectivity index (χ0) is 15.0. The summed E-state index contributed by atoms with van der Waals surface area (Å²) in [6.07, 6.45) is 3.23. The van der Waals surface area contributed by atoms with Crippen LogP contribution < -0.4 is 0 Å². The molecule has 1 N–H and O–H groups in total. The summed E-state index contributed by atoms with van der Waals surface area (Å²) in [7, 11) is 0. The lowest BCUT2D eigenvalue weighted by atomic mass is 9.71. The summed E-state index contributed by atoms with van der Waals surface area (Å²) in [6.45, 7) is 6.97. The summed E-state index contributed by atoms with van der Waals surface area (Å²) in [5.74, 6) is 0.656. The summed E-state index contributed by atoms with van der Waals surface area (Å²) < 4.78 is 1.93. The van der Waals surface area contributed by atoms with Gasteiger partial charge in [0.2, 0.25) is 0 Å². The molecule has 0 fully saturated rings. The Kier molecular flexibility index (Phi) is 3.62. The number of rotatable bonds is 2. The molecule has 112 valence electrons. The Morgan fingerprint density at radius 3 is 2.57 bits per heavy atom. The number of hydrogen-bond acceptors (Lipinski definition) is 2. The Labute approximate surface area is 126 Å². The fraction of sp³-hybridized carbons (Fsp3) is 0.500. The number of hydrogen-bond donors (Lipinski definition) is 1. The van der Waals surface area contributed by atoms with Gasteiger partial charge in [0.25, 0.3) is 0 Å². The highest BCUT2D eigenvalue weighted by Gasteiger charge is 2.32. The summed E-state index contributed by atoms with van der Waals surface area (Å²) in [6, 6.07) is 10.1. The number of benzene rings is 1. The van der Waals surface area contributed by atoms with Crippen LogP contribution in [-0.2, 0) is 19.4 Å². The highest BCUT2D eigenvalue weighted by Crippen LogP contribution is 2.38. The first-order valence-electron chi connectivity index (χ1n) is 7.76. The highest BCUT2D eigenvalue weighted by atomic mass is 16.3. The average molecular weight is 284 g/mol. The quantitative estimate of drug-likeness (QED) is 0.916. The zero-order valence-corrected chi connectivity index (χ0v) is 13.1. The molecular weight excluding hydrogens is 260 g/mol. The fourth-order valence-electron chi connectivity index (χ4n) is 3.32. The SMILES string of the molecule is CC(C)(C)C1CCc2nn(-c3ccccc3)c(CO)c2C1. The van der Waals surface area contributed by atoms with Crippen molar-refractivity contribution in [2.24, 2.45) is 11.3 Å². The molecule has 3 rings (SSSR count). The third-order valence-corrected chi connectivity index (χ3v) is 4.73. The molecule has 2 aromatic rings. The molecule has 0 aliphatic heterocycles. The monoisotopic (exact) mass is 284 g/mol. The van der Waals surface area contributed by atoms with Crippen molar-refractivity contribution in [3.05, 3.63) is 47.3 Å². The van der Waals surface area contributed by atoms with Crippen LogP contribution in [0.25, 0.3) is 5.69 Å². The molecule has 1 unspecified atom stereocenters. The maximum atomic E-state index is 9.85. The van der Waals surface area contributed by atoms with Crippen molar-refractivity contribution in [2.45, 2.75) is 46.6 Å². The maximum absolute atomic E-state index is 9.85. The molecule has 1 heterocycles. The molecule has 0 saturated carbocycles. The summed E-state index contributed by atoms with van der Waals surface area (Å²) in [5, 5.41) is 14.6. The van der Waals surface area contributed by atoms with Gasteiger partial charge in [-0.05, 0) is 48.3 Å². The molecule has 0 saturated heterocycles. The minimum Gasteiger partial charge on any atom is -0.390 e. The highest BCUT2D eigenvalue weighted by molar-refractivity contribution is 5.38. The van der Waals surface area contributed by atoms with Crippen LogP contribution in [-0.4, -0.2) is 14.9 Å². The summed E-state index contributed by atoms with van der Waals surface area (Å²) in [4.78, 5) is 0. The van der Waals surface area contributed by atoms with Gasteiger partial charge >= 0.3 is 0 Å². The van der Waals surface area contributed by atoms with Crippen molar-refractivity contribution in [1.29, 1.82) is 0 Å². The van der Waals surface area contributed by atoms with Gasteiger partial charge in [0.05, 0.1) is 23.7 Å². The van der Waals surface area contributed by atoms with Crippen molar-refractivity contribution in [3.63, 3.8) is 0 Å². The van der Waals surface area contributed by atoms with Crippen LogP contribution in [0.1, 0.15) is 44.1 Å².